The monoisotopic (exact) mass is 353 g/mol. The van der Waals surface area contributed by atoms with Gasteiger partial charge in [0.2, 0.25) is 0 Å². The predicted molar refractivity (Wildman–Crippen MR) is 78.7 cm³/mol. The number of halogens is 1. The van der Waals surface area contributed by atoms with Gasteiger partial charge in [0.05, 0.1) is 5.92 Å². The van der Waals surface area contributed by atoms with Crippen LogP contribution in [0.4, 0.5) is 0 Å². The van der Waals surface area contributed by atoms with Gasteiger partial charge in [0, 0.05) is 16.9 Å². The molecule has 21 heavy (non-hydrogen) atoms. The number of carboxylic acids is 2. The zero-order valence-electron chi connectivity index (χ0n) is 11.3. The van der Waals surface area contributed by atoms with E-state index in [9.17, 15) is 19.8 Å². The Kier molecular flexibility index (Phi) is 3.53. The fourth-order valence-corrected chi connectivity index (χ4v) is 4.15. The van der Waals surface area contributed by atoms with Gasteiger partial charge in [-0.1, -0.05) is 34.1 Å². The molecule has 2 aliphatic carbocycles. The molecule has 0 amide bonds. The molecule has 0 aromatic heterocycles. The van der Waals surface area contributed by atoms with E-state index in [4.69, 9.17) is 0 Å². The first-order chi connectivity index (χ1) is 9.97. The van der Waals surface area contributed by atoms with Crippen molar-refractivity contribution in [2.45, 2.75) is 24.9 Å². The summed E-state index contributed by atoms with van der Waals surface area (Å²) in [5.74, 6) is -2.62. The molecule has 112 valence electrons. The number of carboxylic acid groups (broad SMARTS) is 2. The summed E-state index contributed by atoms with van der Waals surface area (Å²) in [5.41, 5.74) is -0.141. The van der Waals surface area contributed by atoms with Gasteiger partial charge in [-0.3, -0.25) is 14.9 Å². The van der Waals surface area contributed by atoms with Gasteiger partial charge in [-0.15, -0.1) is 0 Å². The summed E-state index contributed by atoms with van der Waals surface area (Å²) >= 11 is 3.44. The van der Waals surface area contributed by atoms with Crippen molar-refractivity contribution in [1.29, 1.82) is 0 Å². The van der Waals surface area contributed by atoms with Crippen LogP contribution in [0.25, 0.3) is 0 Å². The lowest BCUT2D eigenvalue weighted by Crippen LogP contribution is -2.53. The Morgan fingerprint density at radius 2 is 2.05 bits per heavy atom. The summed E-state index contributed by atoms with van der Waals surface area (Å²) in [6, 6.07) is 7.61. The third-order valence-electron chi connectivity index (χ3n) is 4.83. The molecule has 5 nitrogen and oxygen atoms in total. The highest BCUT2D eigenvalue weighted by molar-refractivity contribution is 9.10. The van der Waals surface area contributed by atoms with Crippen molar-refractivity contribution in [2.75, 3.05) is 0 Å². The molecule has 2 fully saturated rings. The molecule has 1 aromatic carbocycles. The molecule has 0 radical (unpaired) electrons. The van der Waals surface area contributed by atoms with Crippen molar-refractivity contribution in [2.24, 2.45) is 17.8 Å². The van der Waals surface area contributed by atoms with Gasteiger partial charge in [0.1, 0.15) is 5.54 Å². The smallest absolute Gasteiger partial charge is 0.324 e. The first kappa shape index (κ1) is 14.5. The molecule has 3 N–H and O–H groups in total. The normalized spacial score (nSPS) is 33.5. The third kappa shape index (κ3) is 2.26. The molecular weight excluding hydrogens is 338 g/mol. The zero-order chi connectivity index (χ0) is 15.2. The van der Waals surface area contributed by atoms with Crippen LogP contribution in [0.5, 0.6) is 0 Å². The minimum Gasteiger partial charge on any atom is -0.481 e. The Labute approximate surface area is 130 Å². The van der Waals surface area contributed by atoms with Gasteiger partial charge in [0.25, 0.3) is 0 Å². The number of benzene rings is 1. The third-order valence-corrected chi connectivity index (χ3v) is 5.60. The van der Waals surface area contributed by atoms with Gasteiger partial charge in [0.15, 0.2) is 0 Å². The number of hydrogen-bond donors (Lipinski definition) is 3. The summed E-state index contributed by atoms with van der Waals surface area (Å²) in [4.78, 5) is 23.0. The first-order valence-electron chi connectivity index (χ1n) is 6.92. The SMILES string of the molecule is O=C(O)C1C2CCC(NCc3ccccc3Br)(C(=O)O)C21. The highest BCUT2D eigenvalue weighted by Gasteiger charge is 2.71. The number of rotatable bonds is 5. The van der Waals surface area contributed by atoms with E-state index >= 15 is 0 Å². The molecule has 0 spiro atoms. The van der Waals surface area contributed by atoms with E-state index in [1.807, 2.05) is 24.3 Å². The lowest BCUT2D eigenvalue weighted by molar-refractivity contribution is -0.147. The minimum atomic E-state index is -1.11. The van der Waals surface area contributed by atoms with Crippen LogP contribution in [0.3, 0.4) is 0 Å². The second-order valence-corrected chi connectivity index (χ2v) is 6.67. The molecule has 0 aliphatic heterocycles. The van der Waals surface area contributed by atoms with Crippen molar-refractivity contribution in [3.05, 3.63) is 34.3 Å². The van der Waals surface area contributed by atoms with Crippen molar-refractivity contribution in [1.82, 2.24) is 5.32 Å². The first-order valence-corrected chi connectivity index (χ1v) is 7.71. The van der Waals surface area contributed by atoms with Crippen LogP contribution in [-0.2, 0) is 16.1 Å². The van der Waals surface area contributed by atoms with Gasteiger partial charge in [-0.2, -0.15) is 0 Å². The molecule has 0 saturated heterocycles. The largest absolute Gasteiger partial charge is 0.481 e. The van der Waals surface area contributed by atoms with Gasteiger partial charge < -0.3 is 10.2 Å². The molecule has 3 rings (SSSR count). The summed E-state index contributed by atoms with van der Waals surface area (Å²) in [7, 11) is 0. The van der Waals surface area contributed by atoms with Crippen molar-refractivity contribution < 1.29 is 19.8 Å². The van der Waals surface area contributed by atoms with Crippen molar-refractivity contribution >= 4 is 27.9 Å². The minimum absolute atomic E-state index is 0.00492. The van der Waals surface area contributed by atoms with Gasteiger partial charge >= 0.3 is 11.9 Å². The number of carbonyl (C=O) groups is 2. The summed E-state index contributed by atoms with van der Waals surface area (Å²) in [6.07, 6.45) is 1.16. The molecule has 0 heterocycles. The molecular formula is C15H16BrNO4. The maximum absolute atomic E-state index is 11.8. The molecule has 4 atom stereocenters. The van der Waals surface area contributed by atoms with Crippen LogP contribution in [-0.4, -0.2) is 27.7 Å². The molecule has 2 aliphatic rings. The molecule has 6 heteroatoms. The summed E-state index contributed by atoms with van der Waals surface area (Å²) in [6.45, 7) is 0.406. The van der Waals surface area contributed by atoms with E-state index in [0.29, 0.717) is 19.4 Å². The molecule has 0 bridgehead atoms. The summed E-state index contributed by atoms with van der Waals surface area (Å²) < 4.78 is 0.915. The average molecular weight is 354 g/mol. The van der Waals surface area contributed by atoms with E-state index in [-0.39, 0.29) is 11.8 Å². The Morgan fingerprint density at radius 1 is 1.33 bits per heavy atom. The van der Waals surface area contributed by atoms with Crippen molar-refractivity contribution in [3.8, 4) is 0 Å². The number of hydrogen-bond acceptors (Lipinski definition) is 3. The number of nitrogens with one attached hydrogen (secondary N) is 1. The quantitative estimate of drug-likeness (QED) is 0.754. The summed E-state index contributed by atoms with van der Waals surface area (Å²) in [5, 5.41) is 21.9. The Hall–Kier alpha value is -1.40. The zero-order valence-corrected chi connectivity index (χ0v) is 12.8. The number of fused-ring (bicyclic) bond motifs is 1. The van der Waals surface area contributed by atoms with E-state index < -0.39 is 23.4 Å². The van der Waals surface area contributed by atoms with Crippen LogP contribution < -0.4 is 5.32 Å². The molecule has 2 saturated carbocycles. The van der Waals surface area contributed by atoms with Crippen LogP contribution in [0.1, 0.15) is 18.4 Å². The molecule has 4 unspecified atom stereocenters. The average Bonchev–Trinajstić information content (AvgIpc) is 3.06. The lowest BCUT2D eigenvalue weighted by Gasteiger charge is -2.29. The lowest BCUT2D eigenvalue weighted by atomic mass is 9.90. The fourth-order valence-electron chi connectivity index (χ4n) is 3.73. The van der Waals surface area contributed by atoms with E-state index in [1.165, 1.54) is 0 Å². The second kappa shape index (κ2) is 5.10. The van der Waals surface area contributed by atoms with Crippen LogP contribution >= 0.6 is 15.9 Å². The number of aliphatic carboxylic acids is 2. The van der Waals surface area contributed by atoms with Crippen LogP contribution in [0.2, 0.25) is 0 Å². The highest BCUT2D eigenvalue weighted by Crippen LogP contribution is 2.62. The fraction of sp³-hybridized carbons (Fsp3) is 0.467. The van der Waals surface area contributed by atoms with E-state index in [2.05, 4.69) is 21.2 Å². The van der Waals surface area contributed by atoms with E-state index in [1.54, 1.807) is 0 Å². The Balaban J connectivity index is 1.79. The van der Waals surface area contributed by atoms with Crippen LogP contribution in [0.15, 0.2) is 28.7 Å². The molecule has 1 aromatic rings. The maximum Gasteiger partial charge on any atom is 0.324 e. The van der Waals surface area contributed by atoms with E-state index in [0.717, 1.165) is 10.0 Å². The van der Waals surface area contributed by atoms with Crippen molar-refractivity contribution in [3.63, 3.8) is 0 Å². The Bertz CT molecular complexity index is 605. The second-order valence-electron chi connectivity index (χ2n) is 5.81. The topological polar surface area (TPSA) is 86.6 Å². The predicted octanol–water partition coefficient (Wildman–Crippen LogP) is 2.10. The van der Waals surface area contributed by atoms with Gasteiger partial charge in [-0.25, -0.2) is 0 Å². The highest BCUT2D eigenvalue weighted by atomic mass is 79.9. The standard InChI is InChI=1S/C15H16BrNO4/c16-10-4-2-1-3-8(10)7-17-15(14(20)21)6-5-9-11(12(9)15)13(18)19/h1-4,9,11-12,17H,5-7H2,(H,18,19)(H,20,21). The Morgan fingerprint density at radius 3 is 2.62 bits per heavy atom. The van der Waals surface area contributed by atoms with Crippen LogP contribution in [0, 0.1) is 17.8 Å². The van der Waals surface area contributed by atoms with Gasteiger partial charge in [-0.05, 0) is 30.4 Å². The maximum atomic E-state index is 11.8.